The average Bonchev–Trinajstić information content (AvgIpc) is 3.03. The number of fused-ring (bicyclic) bond motifs is 4. The van der Waals surface area contributed by atoms with Crippen molar-refractivity contribution in [2.75, 3.05) is 0 Å². The lowest BCUT2D eigenvalue weighted by Crippen LogP contribution is -2.38. The summed E-state index contributed by atoms with van der Waals surface area (Å²) < 4.78 is 0. The quantitative estimate of drug-likeness (QED) is 0.218. The SMILES string of the molecule is Cc1ccc(-c2ccc3c(c2)=C(c2ccc4ccccc4c2)C2CC=CC=C2C=3c2ccc3ccccc3c2)cc1. The molecule has 0 aromatic heterocycles. The van der Waals surface area contributed by atoms with E-state index in [-0.39, 0.29) is 0 Å². The summed E-state index contributed by atoms with van der Waals surface area (Å²) in [6.45, 7) is 2.15. The van der Waals surface area contributed by atoms with Crippen LogP contribution in [-0.4, -0.2) is 0 Å². The molecule has 0 spiro atoms. The molecule has 41 heavy (non-hydrogen) atoms. The Hall–Kier alpha value is -4.94. The van der Waals surface area contributed by atoms with E-state index >= 15 is 0 Å². The second kappa shape index (κ2) is 9.61. The van der Waals surface area contributed by atoms with E-state index in [1.165, 1.54) is 76.5 Å². The average molecular weight is 523 g/mol. The predicted octanol–water partition coefficient (Wildman–Crippen LogP) is 8.88. The summed E-state index contributed by atoms with van der Waals surface area (Å²) in [5.41, 5.74) is 10.6. The van der Waals surface area contributed by atoms with Crippen molar-refractivity contribution in [3.8, 4) is 11.1 Å². The van der Waals surface area contributed by atoms with Gasteiger partial charge >= 0.3 is 0 Å². The lowest BCUT2D eigenvalue weighted by atomic mass is 9.72. The molecular weight excluding hydrogens is 492 g/mol. The summed E-state index contributed by atoms with van der Waals surface area (Å²) in [5.74, 6) is 0.295. The Morgan fingerprint density at radius 3 is 1.85 bits per heavy atom. The molecule has 1 unspecified atom stereocenters. The van der Waals surface area contributed by atoms with Gasteiger partial charge in [0.05, 0.1) is 0 Å². The van der Waals surface area contributed by atoms with Gasteiger partial charge in [-0.15, -0.1) is 0 Å². The van der Waals surface area contributed by atoms with Crippen molar-refractivity contribution in [2.45, 2.75) is 13.3 Å². The van der Waals surface area contributed by atoms with Crippen LogP contribution in [0.4, 0.5) is 0 Å². The second-order valence-corrected chi connectivity index (χ2v) is 11.4. The van der Waals surface area contributed by atoms with Crippen molar-refractivity contribution in [2.24, 2.45) is 5.92 Å². The molecule has 0 saturated carbocycles. The summed E-state index contributed by atoms with van der Waals surface area (Å²) in [5, 5.41) is 7.79. The van der Waals surface area contributed by atoms with Gasteiger partial charge < -0.3 is 0 Å². The molecule has 0 heteroatoms. The minimum absolute atomic E-state index is 0.295. The van der Waals surface area contributed by atoms with Gasteiger partial charge in [0.25, 0.3) is 0 Å². The maximum Gasteiger partial charge on any atom is 0.0142 e. The fourth-order valence-electron chi connectivity index (χ4n) is 6.79. The van der Waals surface area contributed by atoms with Crippen molar-refractivity contribution >= 4 is 32.7 Å². The third-order valence-corrected chi connectivity index (χ3v) is 8.86. The lowest BCUT2D eigenvalue weighted by Gasteiger charge is -2.31. The second-order valence-electron chi connectivity index (χ2n) is 11.4. The van der Waals surface area contributed by atoms with Crippen LogP contribution in [0.2, 0.25) is 0 Å². The highest BCUT2D eigenvalue weighted by atomic mass is 14.3. The third-order valence-electron chi connectivity index (χ3n) is 8.86. The molecule has 194 valence electrons. The molecule has 0 bridgehead atoms. The molecule has 6 aromatic carbocycles. The van der Waals surface area contributed by atoms with Gasteiger partial charge in [0, 0.05) is 5.92 Å². The van der Waals surface area contributed by atoms with Gasteiger partial charge in [-0.3, -0.25) is 0 Å². The van der Waals surface area contributed by atoms with Crippen LogP contribution in [-0.2, 0) is 0 Å². The molecule has 2 aliphatic carbocycles. The van der Waals surface area contributed by atoms with Gasteiger partial charge in [0.1, 0.15) is 0 Å². The van der Waals surface area contributed by atoms with Gasteiger partial charge in [-0.1, -0.05) is 133 Å². The van der Waals surface area contributed by atoms with Gasteiger partial charge in [-0.2, -0.15) is 0 Å². The summed E-state index contributed by atoms with van der Waals surface area (Å²) in [4.78, 5) is 0. The number of allylic oxidation sites excluding steroid dienone is 4. The van der Waals surface area contributed by atoms with Crippen LogP contribution in [0.15, 0.2) is 151 Å². The van der Waals surface area contributed by atoms with Gasteiger partial charge in [-0.05, 0) is 102 Å². The van der Waals surface area contributed by atoms with Crippen LogP contribution in [0.25, 0.3) is 43.8 Å². The molecule has 0 nitrogen and oxygen atoms in total. The topological polar surface area (TPSA) is 0 Å². The molecule has 0 saturated heterocycles. The molecule has 6 aromatic rings. The van der Waals surface area contributed by atoms with Crippen molar-refractivity contribution in [1.82, 2.24) is 0 Å². The Balaban J connectivity index is 1.49. The normalized spacial score (nSPS) is 16.0. The molecule has 0 aliphatic heterocycles. The molecule has 8 rings (SSSR count). The van der Waals surface area contributed by atoms with Crippen LogP contribution in [0.3, 0.4) is 0 Å². The summed E-state index contributed by atoms with van der Waals surface area (Å²) in [7, 11) is 0. The van der Waals surface area contributed by atoms with Crippen LogP contribution < -0.4 is 10.4 Å². The maximum atomic E-state index is 2.45. The van der Waals surface area contributed by atoms with Gasteiger partial charge in [-0.25, -0.2) is 0 Å². The van der Waals surface area contributed by atoms with E-state index < -0.39 is 0 Å². The zero-order chi connectivity index (χ0) is 27.3. The number of aryl methyl sites for hydroxylation is 1. The van der Waals surface area contributed by atoms with E-state index in [9.17, 15) is 0 Å². The smallest absolute Gasteiger partial charge is 0.0142 e. The maximum absolute atomic E-state index is 2.45. The van der Waals surface area contributed by atoms with E-state index in [2.05, 4.69) is 153 Å². The molecule has 0 amide bonds. The van der Waals surface area contributed by atoms with Crippen LogP contribution >= 0.6 is 0 Å². The Morgan fingerprint density at radius 1 is 0.512 bits per heavy atom. The number of benzene rings is 6. The molecule has 0 radical (unpaired) electrons. The van der Waals surface area contributed by atoms with Gasteiger partial charge in [0.2, 0.25) is 0 Å². The predicted molar refractivity (Wildman–Crippen MR) is 174 cm³/mol. The van der Waals surface area contributed by atoms with E-state index in [1.54, 1.807) is 0 Å². The zero-order valence-electron chi connectivity index (χ0n) is 23.1. The van der Waals surface area contributed by atoms with Crippen molar-refractivity contribution < 1.29 is 0 Å². The lowest BCUT2D eigenvalue weighted by molar-refractivity contribution is 0.798. The molecular formula is C41H30. The van der Waals surface area contributed by atoms with Gasteiger partial charge in [0.15, 0.2) is 0 Å². The van der Waals surface area contributed by atoms with Crippen molar-refractivity contribution in [3.63, 3.8) is 0 Å². The fraction of sp³-hybridized carbons (Fsp3) is 0.0732. The minimum Gasteiger partial charge on any atom is -0.0836 e. The first kappa shape index (κ1) is 23.9. The zero-order valence-corrected chi connectivity index (χ0v) is 23.1. The Bertz CT molecular complexity index is 2170. The summed E-state index contributed by atoms with van der Waals surface area (Å²) in [6.07, 6.45) is 7.94. The van der Waals surface area contributed by atoms with Crippen LogP contribution in [0.5, 0.6) is 0 Å². The molecule has 0 heterocycles. The molecule has 0 N–H and O–H groups in total. The highest BCUT2D eigenvalue weighted by molar-refractivity contribution is 5.94. The minimum atomic E-state index is 0.295. The Kier molecular flexibility index (Phi) is 5.60. The standard InChI is InChI=1S/C41H30/c1-27-14-16-30(17-15-27)33-22-23-38-39(26-33)41(35-21-19-29-9-3-5-11-32(29)25-35)37-13-7-6-12-36(37)40(38)34-20-18-28-8-2-4-10-31(28)24-34/h2-12,14-26,37H,13H2,1H3. The number of rotatable bonds is 3. The van der Waals surface area contributed by atoms with E-state index in [0.717, 1.165) is 6.42 Å². The third kappa shape index (κ3) is 4.07. The van der Waals surface area contributed by atoms with Crippen molar-refractivity contribution in [1.29, 1.82) is 0 Å². The highest BCUT2D eigenvalue weighted by Crippen LogP contribution is 2.41. The summed E-state index contributed by atoms with van der Waals surface area (Å²) in [6, 6.07) is 47.4. The highest BCUT2D eigenvalue weighted by Gasteiger charge is 2.29. The first-order chi connectivity index (χ1) is 20.2. The van der Waals surface area contributed by atoms with E-state index in [1.807, 2.05) is 0 Å². The molecule has 2 aliphatic rings. The monoisotopic (exact) mass is 522 g/mol. The molecule has 1 atom stereocenters. The van der Waals surface area contributed by atoms with Crippen LogP contribution in [0, 0.1) is 12.8 Å². The van der Waals surface area contributed by atoms with E-state index in [0.29, 0.717) is 5.92 Å². The fourth-order valence-corrected chi connectivity index (χ4v) is 6.79. The first-order valence-corrected chi connectivity index (χ1v) is 14.5. The van der Waals surface area contributed by atoms with E-state index in [4.69, 9.17) is 0 Å². The Labute approximate surface area is 240 Å². The largest absolute Gasteiger partial charge is 0.0836 e. The van der Waals surface area contributed by atoms with Crippen molar-refractivity contribution in [3.05, 3.63) is 178 Å². The summed E-state index contributed by atoms with van der Waals surface area (Å²) >= 11 is 0. The van der Waals surface area contributed by atoms with Crippen LogP contribution in [0.1, 0.15) is 23.1 Å². The first-order valence-electron chi connectivity index (χ1n) is 14.5. The Morgan fingerprint density at radius 2 is 1.12 bits per heavy atom. The number of hydrogen-bond acceptors (Lipinski definition) is 0. The number of hydrogen-bond donors (Lipinski definition) is 0. The molecule has 0 fully saturated rings.